The molecule has 0 aromatic carbocycles. The minimum Gasteiger partial charge on any atom is -0.355 e. The Labute approximate surface area is 123 Å². The number of hydrogen-bond donors (Lipinski definition) is 2. The minimum absolute atomic E-state index is 0.170. The topological polar surface area (TPSA) is 58.4 Å². The lowest BCUT2D eigenvalue weighted by atomic mass is 9.95. The number of amides is 1. The molecule has 1 aliphatic carbocycles. The molecule has 4 nitrogen and oxygen atoms in total. The molecule has 0 radical (unpaired) electrons. The first-order chi connectivity index (χ1) is 9.76. The van der Waals surface area contributed by atoms with Crippen molar-refractivity contribution in [3.05, 3.63) is 0 Å². The van der Waals surface area contributed by atoms with E-state index in [9.17, 15) is 4.79 Å². The summed E-state index contributed by atoms with van der Waals surface area (Å²) in [7, 11) is 0. The molecule has 3 N–H and O–H groups in total. The number of piperidine rings is 1. The van der Waals surface area contributed by atoms with Gasteiger partial charge in [0, 0.05) is 25.0 Å². The second kappa shape index (κ2) is 7.99. The minimum atomic E-state index is 0.170. The Morgan fingerprint density at radius 2 is 2.10 bits per heavy atom. The molecule has 0 bridgehead atoms. The van der Waals surface area contributed by atoms with Gasteiger partial charge in [0.1, 0.15) is 0 Å². The summed E-state index contributed by atoms with van der Waals surface area (Å²) in [6.45, 7) is 5.92. The van der Waals surface area contributed by atoms with Crippen molar-refractivity contribution >= 4 is 5.91 Å². The zero-order valence-corrected chi connectivity index (χ0v) is 12.9. The summed E-state index contributed by atoms with van der Waals surface area (Å²) >= 11 is 0. The first-order valence-electron chi connectivity index (χ1n) is 8.48. The van der Waals surface area contributed by atoms with E-state index in [0.717, 1.165) is 38.4 Å². The van der Waals surface area contributed by atoms with Crippen LogP contribution in [0.1, 0.15) is 51.9 Å². The van der Waals surface area contributed by atoms with Crippen LogP contribution >= 0.6 is 0 Å². The van der Waals surface area contributed by atoms with E-state index in [0.29, 0.717) is 12.5 Å². The maximum atomic E-state index is 12.2. The van der Waals surface area contributed by atoms with Gasteiger partial charge in [-0.1, -0.05) is 19.8 Å². The number of hydrogen-bond acceptors (Lipinski definition) is 3. The molecule has 0 spiro atoms. The summed E-state index contributed by atoms with van der Waals surface area (Å²) in [5.74, 6) is 0.819. The molecule has 1 saturated heterocycles. The van der Waals surface area contributed by atoms with Crippen LogP contribution in [0.15, 0.2) is 0 Å². The van der Waals surface area contributed by atoms with Crippen LogP contribution in [0.2, 0.25) is 0 Å². The van der Waals surface area contributed by atoms with E-state index in [-0.39, 0.29) is 11.8 Å². The highest BCUT2D eigenvalue weighted by molar-refractivity contribution is 5.79. The van der Waals surface area contributed by atoms with E-state index in [1.165, 1.54) is 32.2 Å². The van der Waals surface area contributed by atoms with Gasteiger partial charge in [-0.15, -0.1) is 0 Å². The average molecular weight is 281 g/mol. The molecule has 2 fully saturated rings. The normalized spacial score (nSPS) is 31.4. The van der Waals surface area contributed by atoms with Crippen molar-refractivity contribution in [2.45, 2.75) is 57.9 Å². The predicted molar refractivity (Wildman–Crippen MR) is 82.4 cm³/mol. The summed E-state index contributed by atoms with van der Waals surface area (Å²) in [6.07, 6.45) is 8.52. The molecule has 2 rings (SSSR count). The third-order valence-electron chi connectivity index (χ3n) is 5.22. The fraction of sp³-hybridized carbons (Fsp3) is 0.938. The summed E-state index contributed by atoms with van der Waals surface area (Å²) in [6, 6.07) is 0.726. The van der Waals surface area contributed by atoms with Gasteiger partial charge >= 0.3 is 0 Å². The maximum absolute atomic E-state index is 12.2. The highest BCUT2D eigenvalue weighted by Crippen LogP contribution is 2.30. The quantitative estimate of drug-likeness (QED) is 0.780. The number of nitrogens with two attached hydrogens (primary N) is 1. The summed E-state index contributed by atoms with van der Waals surface area (Å²) < 4.78 is 0. The molecule has 20 heavy (non-hydrogen) atoms. The van der Waals surface area contributed by atoms with Crippen molar-refractivity contribution in [3.63, 3.8) is 0 Å². The lowest BCUT2D eigenvalue weighted by Crippen LogP contribution is -2.44. The van der Waals surface area contributed by atoms with Gasteiger partial charge in [0.25, 0.3) is 0 Å². The van der Waals surface area contributed by atoms with E-state index in [4.69, 9.17) is 5.73 Å². The Balaban J connectivity index is 1.70. The second-order valence-electron chi connectivity index (χ2n) is 6.42. The molecule has 1 aliphatic heterocycles. The van der Waals surface area contributed by atoms with Crippen LogP contribution in [0.5, 0.6) is 0 Å². The smallest absolute Gasteiger partial charge is 0.223 e. The highest BCUT2D eigenvalue weighted by atomic mass is 16.1. The molecular formula is C16H31N3O. The van der Waals surface area contributed by atoms with Crippen molar-refractivity contribution in [1.82, 2.24) is 10.2 Å². The lowest BCUT2D eigenvalue weighted by Gasteiger charge is -2.35. The van der Waals surface area contributed by atoms with Gasteiger partial charge in [0.15, 0.2) is 0 Å². The van der Waals surface area contributed by atoms with Gasteiger partial charge < -0.3 is 11.1 Å². The van der Waals surface area contributed by atoms with E-state index in [1.807, 2.05) is 0 Å². The molecule has 3 atom stereocenters. The molecule has 0 aromatic heterocycles. The van der Waals surface area contributed by atoms with Crippen LogP contribution in [0.25, 0.3) is 0 Å². The second-order valence-corrected chi connectivity index (χ2v) is 6.42. The zero-order chi connectivity index (χ0) is 14.4. The maximum Gasteiger partial charge on any atom is 0.223 e. The molecule has 1 amide bonds. The van der Waals surface area contributed by atoms with E-state index in [2.05, 4.69) is 17.1 Å². The lowest BCUT2D eigenvalue weighted by molar-refractivity contribution is -0.126. The van der Waals surface area contributed by atoms with Crippen molar-refractivity contribution in [3.8, 4) is 0 Å². The first kappa shape index (κ1) is 15.8. The van der Waals surface area contributed by atoms with Gasteiger partial charge in [-0.3, -0.25) is 9.69 Å². The highest BCUT2D eigenvalue weighted by Gasteiger charge is 2.31. The summed E-state index contributed by atoms with van der Waals surface area (Å²) in [5, 5.41) is 3.14. The Morgan fingerprint density at radius 1 is 1.25 bits per heavy atom. The van der Waals surface area contributed by atoms with Gasteiger partial charge in [-0.2, -0.15) is 0 Å². The molecular weight excluding hydrogens is 250 g/mol. The standard InChI is InChI=1S/C16H31N3O/c1-2-14-7-3-4-10-19(14)11-9-18-16(20)15-8-5-6-13(15)12-17/h13-15H,2-12,17H2,1H3,(H,18,20)/t13-,14?,15-/m1/s1. The SMILES string of the molecule is CCC1CCCCN1CCNC(=O)[C@@H]1CCC[C@@H]1CN. The summed E-state index contributed by atoms with van der Waals surface area (Å²) in [5.41, 5.74) is 5.76. The fourth-order valence-corrected chi connectivity index (χ4v) is 3.93. The number of nitrogens with zero attached hydrogens (tertiary/aromatic N) is 1. The van der Waals surface area contributed by atoms with Gasteiger partial charge in [-0.25, -0.2) is 0 Å². The molecule has 2 aliphatic rings. The predicted octanol–water partition coefficient (Wildman–Crippen LogP) is 1.74. The average Bonchev–Trinajstić information content (AvgIpc) is 2.96. The molecule has 116 valence electrons. The van der Waals surface area contributed by atoms with Crippen molar-refractivity contribution in [2.75, 3.05) is 26.2 Å². The van der Waals surface area contributed by atoms with E-state index < -0.39 is 0 Å². The molecule has 0 aromatic rings. The van der Waals surface area contributed by atoms with Gasteiger partial charge in [-0.05, 0) is 51.1 Å². The Bertz CT molecular complexity index is 308. The number of nitrogens with one attached hydrogen (secondary N) is 1. The van der Waals surface area contributed by atoms with Crippen molar-refractivity contribution in [2.24, 2.45) is 17.6 Å². The number of likely N-dealkylation sites (tertiary alicyclic amines) is 1. The number of carbonyl (C=O) groups excluding carboxylic acids is 1. The van der Waals surface area contributed by atoms with Crippen LogP contribution in [-0.2, 0) is 4.79 Å². The zero-order valence-electron chi connectivity index (χ0n) is 12.9. The van der Waals surface area contributed by atoms with Crippen LogP contribution in [0, 0.1) is 11.8 Å². The third kappa shape index (κ3) is 3.95. The van der Waals surface area contributed by atoms with Crippen LogP contribution in [-0.4, -0.2) is 43.0 Å². The Morgan fingerprint density at radius 3 is 2.85 bits per heavy atom. The van der Waals surface area contributed by atoms with E-state index in [1.54, 1.807) is 0 Å². The summed E-state index contributed by atoms with van der Waals surface area (Å²) in [4.78, 5) is 14.8. The monoisotopic (exact) mass is 281 g/mol. The fourth-order valence-electron chi connectivity index (χ4n) is 3.93. The largest absolute Gasteiger partial charge is 0.355 e. The van der Waals surface area contributed by atoms with Crippen LogP contribution in [0.3, 0.4) is 0 Å². The van der Waals surface area contributed by atoms with Crippen LogP contribution in [0.4, 0.5) is 0 Å². The van der Waals surface area contributed by atoms with Gasteiger partial charge in [0.05, 0.1) is 0 Å². The van der Waals surface area contributed by atoms with Crippen molar-refractivity contribution in [1.29, 1.82) is 0 Å². The third-order valence-corrected chi connectivity index (χ3v) is 5.22. The molecule has 1 unspecified atom stereocenters. The van der Waals surface area contributed by atoms with Crippen LogP contribution < -0.4 is 11.1 Å². The first-order valence-corrected chi connectivity index (χ1v) is 8.48. The molecule has 4 heteroatoms. The molecule has 1 heterocycles. The van der Waals surface area contributed by atoms with E-state index >= 15 is 0 Å². The Kier molecular flexibility index (Phi) is 6.30. The number of carbonyl (C=O) groups is 1. The van der Waals surface area contributed by atoms with Gasteiger partial charge in [0.2, 0.25) is 5.91 Å². The molecule has 1 saturated carbocycles. The number of rotatable bonds is 6. The van der Waals surface area contributed by atoms with Crippen molar-refractivity contribution < 1.29 is 4.79 Å². The Hall–Kier alpha value is -0.610.